The molecule has 0 spiro atoms. The number of phenols is 1. The smallest absolute Gasteiger partial charge is 0.224 e. The van der Waals surface area contributed by atoms with Crippen molar-refractivity contribution in [2.45, 2.75) is 12.5 Å². The molecule has 0 aromatic heterocycles. The molecule has 0 bridgehead atoms. The maximum absolute atomic E-state index is 11.6. The van der Waals surface area contributed by atoms with E-state index in [0.717, 1.165) is 0 Å². The van der Waals surface area contributed by atoms with Crippen molar-refractivity contribution >= 4 is 5.91 Å². The first-order valence-corrected chi connectivity index (χ1v) is 5.33. The largest absolute Gasteiger partial charge is 0.508 e. The summed E-state index contributed by atoms with van der Waals surface area (Å²) in [6.07, 6.45) is 0.0763. The summed E-state index contributed by atoms with van der Waals surface area (Å²) in [7, 11) is 1.50. The number of aromatic hydroxyl groups is 1. The number of phenolic OH excluding ortho intramolecular Hbond substituents is 1. The number of hydrogen-bond donors (Lipinski definition) is 3. The number of carbonyl (C=O) groups is 1. The SMILES string of the molecule is COCC(CO)NC(=O)Cc1ccccc1O. The highest BCUT2D eigenvalue weighted by atomic mass is 16.5. The number of amides is 1. The maximum atomic E-state index is 11.6. The Hall–Kier alpha value is -1.59. The van der Waals surface area contributed by atoms with E-state index in [9.17, 15) is 9.90 Å². The number of aliphatic hydroxyl groups is 1. The lowest BCUT2D eigenvalue weighted by Gasteiger charge is -2.15. The summed E-state index contributed by atoms with van der Waals surface area (Å²) < 4.78 is 4.85. The van der Waals surface area contributed by atoms with Crippen molar-refractivity contribution in [3.63, 3.8) is 0 Å². The van der Waals surface area contributed by atoms with Gasteiger partial charge in [-0.05, 0) is 6.07 Å². The van der Waals surface area contributed by atoms with Gasteiger partial charge >= 0.3 is 0 Å². The minimum Gasteiger partial charge on any atom is -0.508 e. The summed E-state index contributed by atoms with van der Waals surface area (Å²) in [6, 6.07) is 6.23. The normalized spacial score (nSPS) is 12.1. The van der Waals surface area contributed by atoms with Crippen LogP contribution >= 0.6 is 0 Å². The van der Waals surface area contributed by atoms with E-state index in [4.69, 9.17) is 9.84 Å². The highest BCUT2D eigenvalue weighted by Crippen LogP contribution is 2.15. The molecule has 0 fully saturated rings. The second kappa shape index (κ2) is 6.88. The maximum Gasteiger partial charge on any atom is 0.224 e. The molecule has 1 aromatic rings. The fourth-order valence-corrected chi connectivity index (χ4v) is 1.45. The second-order valence-electron chi connectivity index (χ2n) is 3.71. The highest BCUT2D eigenvalue weighted by molar-refractivity contribution is 5.79. The van der Waals surface area contributed by atoms with Gasteiger partial charge in [0.15, 0.2) is 0 Å². The number of aliphatic hydroxyl groups excluding tert-OH is 1. The van der Waals surface area contributed by atoms with Crippen molar-refractivity contribution in [1.29, 1.82) is 0 Å². The van der Waals surface area contributed by atoms with Crippen LogP contribution in [0.2, 0.25) is 0 Å². The van der Waals surface area contributed by atoms with Crippen molar-refractivity contribution < 1.29 is 19.7 Å². The van der Waals surface area contributed by atoms with Crippen LogP contribution in [0.3, 0.4) is 0 Å². The van der Waals surface area contributed by atoms with Crippen molar-refractivity contribution in [2.24, 2.45) is 0 Å². The van der Waals surface area contributed by atoms with Crippen molar-refractivity contribution in [3.05, 3.63) is 29.8 Å². The average molecular weight is 239 g/mol. The molecule has 0 aliphatic heterocycles. The van der Waals surface area contributed by atoms with E-state index in [2.05, 4.69) is 5.32 Å². The Morgan fingerprint density at radius 1 is 1.47 bits per heavy atom. The van der Waals surface area contributed by atoms with Gasteiger partial charge in [-0.25, -0.2) is 0 Å². The molecule has 0 aliphatic rings. The summed E-state index contributed by atoms with van der Waals surface area (Å²) in [5.41, 5.74) is 0.555. The first kappa shape index (κ1) is 13.5. The van der Waals surface area contributed by atoms with E-state index in [1.165, 1.54) is 13.2 Å². The lowest BCUT2D eigenvalue weighted by molar-refractivity contribution is -0.121. The molecule has 1 unspecified atom stereocenters. The van der Waals surface area contributed by atoms with E-state index >= 15 is 0 Å². The molecular formula is C12H17NO4. The molecule has 1 amide bonds. The average Bonchev–Trinajstić information content (AvgIpc) is 2.31. The summed E-state index contributed by atoms with van der Waals surface area (Å²) in [5.74, 6) is -0.169. The van der Waals surface area contributed by atoms with Gasteiger partial charge in [0.25, 0.3) is 0 Å². The van der Waals surface area contributed by atoms with Crippen LogP contribution in [0, 0.1) is 0 Å². The summed E-state index contributed by atoms with van der Waals surface area (Å²) >= 11 is 0. The standard InChI is InChI=1S/C12H17NO4/c1-17-8-10(7-14)13-12(16)6-9-4-2-3-5-11(9)15/h2-5,10,14-15H,6-8H2,1H3,(H,13,16). The van der Waals surface area contributed by atoms with Gasteiger partial charge in [0.2, 0.25) is 5.91 Å². The van der Waals surface area contributed by atoms with Crippen LogP contribution in [0.15, 0.2) is 24.3 Å². The van der Waals surface area contributed by atoms with E-state index in [1.54, 1.807) is 18.2 Å². The van der Waals surface area contributed by atoms with Gasteiger partial charge in [-0.15, -0.1) is 0 Å². The number of ether oxygens (including phenoxy) is 1. The molecule has 1 rings (SSSR count). The molecule has 1 aromatic carbocycles. The highest BCUT2D eigenvalue weighted by Gasteiger charge is 2.12. The fraction of sp³-hybridized carbons (Fsp3) is 0.417. The molecule has 0 aliphatic carbocycles. The number of carbonyl (C=O) groups excluding carboxylic acids is 1. The van der Waals surface area contributed by atoms with Crippen LogP contribution in [0.4, 0.5) is 0 Å². The molecule has 5 nitrogen and oxygen atoms in total. The van der Waals surface area contributed by atoms with E-state index < -0.39 is 6.04 Å². The lowest BCUT2D eigenvalue weighted by atomic mass is 10.1. The number of benzene rings is 1. The van der Waals surface area contributed by atoms with Gasteiger partial charge in [-0.3, -0.25) is 4.79 Å². The van der Waals surface area contributed by atoms with Crippen LogP contribution in [0.25, 0.3) is 0 Å². The molecule has 3 N–H and O–H groups in total. The Bertz CT molecular complexity index is 367. The zero-order valence-electron chi connectivity index (χ0n) is 9.72. The molecule has 1 atom stereocenters. The van der Waals surface area contributed by atoms with Gasteiger partial charge in [0.1, 0.15) is 5.75 Å². The quantitative estimate of drug-likeness (QED) is 0.656. The summed E-state index contributed by atoms with van der Waals surface area (Å²) in [6.45, 7) is 0.0728. The van der Waals surface area contributed by atoms with Gasteiger partial charge in [-0.2, -0.15) is 0 Å². The van der Waals surface area contributed by atoms with Crippen molar-refractivity contribution in [2.75, 3.05) is 20.3 Å². The minimum absolute atomic E-state index is 0.0763. The molecule has 0 radical (unpaired) electrons. The van der Waals surface area contributed by atoms with Gasteiger partial charge in [-0.1, -0.05) is 18.2 Å². The minimum atomic E-state index is -0.418. The molecular weight excluding hydrogens is 222 g/mol. The Kier molecular flexibility index (Phi) is 5.45. The monoisotopic (exact) mass is 239 g/mol. The van der Waals surface area contributed by atoms with Crippen LogP contribution < -0.4 is 5.32 Å². The Morgan fingerprint density at radius 2 is 2.18 bits per heavy atom. The third-order valence-corrected chi connectivity index (χ3v) is 2.30. The Morgan fingerprint density at radius 3 is 2.76 bits per heavy atom. The zero-order chi connectivity index (χ0) is 12.7. The number of hydrogen-bond acceptors (Lipinski definition) is 4. The van der Waals surface area contributed by atoms with Gasteiger partial charge < -0.3 is 20.3 Å². The molecule has 0 saturated carbocycles. The molecule has 0 saturated heterocycles. The predicted octanol–water partition coefficient (Wildman–Crippen LogP) is 0.0582. The first-order chi connectivity index (χ1) is 8.17. The van der Waals surface area contributed by atoms with Crippen molar-refractivity contribution in [1.82, 2.24) is 5.32 Å². The Balaban J connectivity index is 2.52. The molecule has 5 heteroatoms. The van der Waals surface area contributed by atoms with Gasteiger partial charge in [0, 0.05) is 12.7 Å². The van der Waals surface area contributed by atoms with E-state index in [1.807, 2.05) is 0 Å². The van der Waals surface area contributed by atoms with E-state index in [-0.39, 0.29) is 31.3 Å². The zero-order valence-corrected chi connectivity index (χ0v) is 9.72. The molecule has 0 heterocycles. The van der Waals surface area contributed by atoms with Crippen LogP contribution in [0.1, 0.15) is 5.56 Å². The number of para-hydroxylation sites is 1. The van der Waals surface area contributed by atoms with Crippen molar-refractivity contribution in [3.8, 4) is 5.75 Å². The Labute approximate surface area is 100 Å². The summed E-state index contributed by atoms with van der Waals surface area (Å²) in [4.78, 5) is 11.6. The fourth-order valence-electron chi connectivity index (χ4n) is 1.45. The van der Waals surface area contributed by atoms with Crippen LogP contribution in [-0.4, -0.2) is 42.5 Å². The van der Waals surface area contributed by atoms with E-state index in [0.29, 0.717) is 5.56 Å². The van der Waals surface area contributed by atoms with Crippen LogP contribution in [0.5, 0.6) is 5.75 Å². The molecule has 17 heavy (non-hydrogen) atoms. The third kappa shape index (κ3) is 4.42. The predicted molar refractivity (Wildman–Crippen MR) is 62.7 cm³/mol. The number of nitrogens with one attached hydrogen (secondary N) is 1. The first-order valence-electron chi connectivity index (χ1n) is 5.33. The second-order valence-corrected chi connectivity index (χ2v) is 3.71. The van der Waals surface area contributed by atoms with Crippen LogP contribution in [-0.2, 0) is 16.0 Å². The molecule has 94 valence electrons. The lowest BCUT2D eigenvalue weighted by Crippen LogP contribution is -2.41. The third-order valence-electron chi connectivity index (χ3n) is 2.30. The summed E-state index contributed by atoms with van der Waals surface area (Å²) in [5, 5.41) is 21.1. The number of methoxy groups -OCH3 is 1. The number of rotatable bonds is 6. The topological polar surface area (TPSA) is 78.8 Å². The van der Waals surface area contributed by atoms with Gasteiger partial charge in [0.05, 0.1) is 25.7 Å².